The van der Waals surface area contributed by atoms with Gasteiger partial charge in [0.1, 0.15) is 5.75 Å². The van der Waals surface area contributed by atoms with Gasteiger partial charge in [-0.1, -0.05) is 12.1 Å². The van der Waals surface area contributed by atoms with Gasteiger partial charge in [0.25, 0.3) is 5.69 Å². The van der Waals surface area contributed by atoms with Crippen LogP contribution in [-0.2, 0) is 0 Å². The smallest absolute Gasteiger partial charge is 0.269 e. The molecule has 0 aliphatic heterocycles. The van der Waals surface area contributed by atoms with Gasteiger partial charge in [-0.3, -0.25) is 10.1 Å². The van der Waals surface area contributed by atoms with Crippen LogP contribution in [-0.4, -0.2) is 33.2 Å². The predicted molar refractivity (Wildman–Crippen MR) is 143 cm³/mol. The van der Waals surface area contributed by atoms with Crippen LogP contribution in [0.1, 0.15) is 5.56 Å². The van der Waals surface area contributed by atoms with E-state index in [0.717, 1.165) is 20.6 Å². The fraction of sp³-hybridized carbons (Fsp3) is 0.0435. The molecule has 0 fully saturated rings. The Morgan fingerprint density at radius 3 is 1.94 bits per heavy atom. The molecule has 176 valence electrons. The lowest BCUT2D eigenvalue weighted by Crippen LogP contribution is -2.07. The second kappa shape index (κ2) is 11.2. The minimum absolute atomic E-state index is 0.0136. The number of rotatable bonds is 9. The molecule has 4 aromatic rings. The van der Waals surface area contributed by atoms with E-state index in [2.05, 4.69) is 58.7 Å². The molecular weight excluding hydrogens is 563 g/mol. The molecule has 0 spiro atoms. The number of benzene rings is 3. The van der Waals surface area contributed by atoms with Crippen LogP contribution in [0.4, 0.5) is 34.9 Å². The molecule has 3 aromatic carbocycles. The first-order valence-electron chi connectivity index (χ1n) is 10.2. The summed E-state index contributed by atoms with van der Waals surface area (Å²) in [6.45, 7) is 0. The first kappa shape index (κ1) is 23.8. The fourth-order valence-electron chi connectivity index (χ4n) is 2.85. The predicted octanol–water partition coefficient (Wildman–Crippen LogP) is 5.33. The van der Waals surface area contributed by atoms with Crippen LogP contribution in [0.25, 0.3) is 0 Å². The van der Waals surface area contributed by atoms with Crippen molar-refractivity contribution in [2.45, 2.75) is 0 Å². The minimum Gasteiger partial charge on any atom is -0.497 e. The second-order valence-electron chi connectivity index (χ2n) is 7.01. The minimum atomic E-state index is -0.461. The third kappa shape index (κ3) is 6.83. The summed E-state index contributed by atoms with van der Waals surface area (Å²) in [6, 6.07) is 21.0. The number of hydrazone groups is 1. The molecule has 0 atom stereocenters. The zero-order valence-electron chi connectivity index (χ0n) is 18.3. The summed E-state index contributed by atoms with van der Waals surface area (Å²) in [5.74, 6) is 1.40. The molecule has 0 amide bonds. The van der Waals surface area contributed by atoms with Crippen molar-refractivity contribution in [3.05, 3.63) is 92.0 Å². The Kier molecular flexibility index (Phi) is 7.62. The summed E-state index contributed by atoms with van der Waals surface area (Å²) in [5, 5.41) is 21.3. The van der Waals surface area contributed by atoms with Crippen LogP contribution < -0.4 is 20.8 Å². The van der Waals surface area contributed by atoms with Gasteiger partial charge in [-0.05, 0) is 76.7 Å². The highest BCUT2D eigenvalue weighted by Crippen LogP contribution is 2.22. The molecule has 0 unspecified atom stereocenters. The van der Waals surface area contributed by atoms with E-state index in [-0.39, 0.29) is 23.5 Å². The van der Waals surface area contributed by atoms with Crippen LogP contribution in [0, 0.1) is 13.7 Å². The van der Waals surface area contributed by atoms with E-state index in [4.69, 9.17) is 4.74 Å². The first-order chi connectivity index (χ1) is 17.0. The van der Waals surface area contributed by atoms with Gasteiger partial charge in [0.15, 0.2) is 0 Å². The van der Waals surface area contributed by atoms with Crippen molar-refractivity contribution in [1.82, 2.24) is 15.0 Å². The van der Waals surface area contributed by atoms with E-state index in [9.17, 15) is 10.1 Å². The molecule has 0 aliphatic carbocycles. The van der Waals surface area contributed by atoms with Gasteiger partial charge in [-0.2, -0.15) is 20.1 Å². The molecule has 3 N–H and O–H groups in total. The number of nitro groups is 1. The Morgan fingerprint density at radius 2 is 1.40 bits per heavy atom. The number of anilines is 5. The van der Waals surface area contributed by atoms with E-state index in [1.165, 1.54) is 12.1 Å². The average molecular weight is 582 g/mol. The van der Waals surface area contributed by atoms with Gasteiger partial charge >= 0.3 is 0 Å². The number of halogens is 1. The number of nitro benzene ring substituents is 1. The molecule has 35 heavy (non-hydrogen) atoms. The lowest BCUT2D eigenvalue weighted by molar-refractivity contribution is -0.384. The third-order valence-corrected chi connectivity index (χ3v) is 5.28. The SMILES string of the molecule is COc1ccc(Nc2nc(NN=Cc3ccc(I)cc3)nc(Nc3ccc([N+](=O)[O-])cc3)n2)cc1. The number of methoxy groups -OCH3 is 1. The summed E-state index contributed by atoms with van der Waals surface area (Å²) in [7, 11) is 1.60. The highest BCUT2D eigenvalue weighted by atomic mass is 127. The van der Waals surface area contributed by atoms with E-state index >= 15 is 0 Å². The molecule has 4 rings (SSSR count). The lowest BCUT2D eigenvalue weighted by Gasteiger charge is -2.10. The van der Waals surface area contributed by atoms with Crippen LogP contribution >= 0.6 is 22.6 Å². The van der Waals surface area contributed by atoms with Gasteiger partial charge in [0.2, 0.25) is 17.8 Å². The van der Waals surface area contributed by atoms with Gasteiger partial charge in [-0.25, -0.2) is 5.43 Å². The number of hydrogen-bond acceptors (Lipinski definition) is 10. The van der Waals surface area contributed by atoms with Crippen molar-refractivity contribution < 1.29 is 9.66 Å². The van der Waals surface area contributed by atoms with Gasteiger partial charge < -0.3 is 15.4 Å². The first-order valence-corrected chi connectivity index (χ1v) is 11.3. The van der Waals surface area contributed by atoms with Crippen LogP contribution in [0.5, 0.6) is 5.75 Å². The van der Waals surface area contributed by atoms with Crippen molar-refractivity contribution in [3.8, 4) is 5.75 Å². The van der Waals surface area contributed by atoms with Crippen molar-refractivity contribution in [2.75, 3.05) is 23.2 Å². The van der Waals surface area contributed by atoms with Crippen molar-refractivity contribution in [2.24, 2.45) is 5.10 Å². The Labute approximate surface area is 214 Å². The highest BCUT2D eigenvalue weighted by Gasteiger charge is 2.09. The molecule has 0 bridgehead atoms. The van der Waals surface area contributed by atoms with E-state index < -0.39 is 4.92 Å². The standard InChI is InChI=1S/C23H19IN8O3/c1-35-20-12-8-18(9-13-20)27-22-28-21(26-17-6-10-19(11-7-17)32(33)34)29-23(30-22)31-25-14-15-2-4-16(24)5-3-15/h2-14H,1H3,(H3,26,27,28,29,30,31). The van der Waals surface area contributed by atoms with E-state index in [0.29, 0.717) is 5.69 Å². The quantitative estimate of drug-likeness (QED) is 0.103. The topological polar surface area (TPSA) is 139 Å². The molecule has 11 nitrogen and oxygen atoms in total. The molecular formula is C23H19IN8O3. The second-order valence-corrected chi connectivity index (χ2v) is 8.26. The van der Waals surface area contributed by atoms with Crippen LogP contribution in [0.3, 0.4) is 0 Å². The number of ether oxygens (including phenoxy) is 1. The maximum Gasteiger partial charge on any atom is 0.269 e. The molecule has 0 radical (unpaired) electrons. The van der Waals surface area contributed by atoms with Crippen LogP contribution in [0.2, 0.25) is 0 Å². The number of nitrogens with one attached hydrogen (secondary N) is 3. The average Bonchev–Trinajstić information content (AvgIpc) is 2.86. The van der Waals surface area contributed by atoms with E-state index in [1.54, 1.807) is 25.5 Å². The Bertz CT molecular complexity index is 1330. The van der Waals surface area contributed by atoms with Gasteiger partial charge in [0, 0.05) is 27.1 Å². The maximum atomic E-state index is 10.9. The third-order valence-electron chi connectivity index (χ3n) is 4.56. The zero-order chi connectivity index (χ0) is 24.6. The largest absolute Gasteiger partial charge is 0.497 e. The molecule has 12 heteroatoms. The Hall–Kier alpha value is -4.33. The highest BCUT2D eigenvalue weighted by molar-refractivity contribution is 14.1. The molecule has 0 saturated heterocycles. The monoisotopic (exact) mass is 582 g/mol. The zero-order valence-corrected chi connectivity index (χ0v) is 20.5. The summed E-state index contributed by atoms with van der Waals surface area (Å²) >= 11 is 2.24. The molecule has 0 aliphatic rings. The number of aromatic nitrogens is 3. The summed E-state index contributed by atoms with van der Waals surface area (Å²) < 4.78 is 6.31. The van der Waals surface area contributed by atoms with Crippen molar-refractivity contribution in [3.63, 3.8) is 0 Å². The normalized spacial score (nSPS) is 10.7. The molecule has 1 aromatic heterocycles. The Morgan fingerprint density at radius 1 is 0.857 bits per heavy atom. The molecule has 0 saturated carbocycles. The molecule has 1 heterocycles. The summed E-state index contributed by atoms with van der Waals surface area (Å²) in [6.07, 6.45) is 1.65. The van der Waals surface area contributed by atoms with Crippen molar-refractivity contribution >= 4 is 63.7 Å². The van der Waals surface area contributed by atoms with Crippen molar-refractivity contribution in [1.29, 1.82) is 0 Å². The number of nitrogens with zero attached hydrogens (tertiary/aromatic N) is 5. The van der Waals surface area contributed by atoms with E-state index in [1.807, 2.05) is 48.5 Å². The fourth-order valence-corrected chi connectivity index (χ4v) is 3.21. The Balaban J connectivity index is 1.57. The maximum absolute atomic E-state index is 10.9. The lowest BCUT2D eigenvalue weighted by atomic mass is 10.2. The summed E-state index contributed by atoms with van der Waals surface area (Å²) in [4.78, 5) is 23.6. The van der Waals surface area contributed by atoms with Gasteiger partial charge in [-0.15, -0.1) is 0 Å². The number of non-ortho nitro benzene ring substituents is 1. The summed E-state index contributed by atoms with van der Waals surface area (Å²) in [5.41, 5.74) is 5.03. The van der Waals surface area contributed by atoms with Gasteiger partial charge in [0.05, 0.1) is 18.2 Å². The van der Waals surface area contributed by atoms with Crippen LogP contribution in [0.15, 0.2) is 77.9 Å². The number of hydrogen-bond donors (Lipinski definition) is 3.